The van der Waals surface area contributed by atoms with Gasteiger partial charge in [0, 0.05) is 33.5 Å². The summed E-state index contributed by atoms with van der Waals surface area (Å²) in [4.78, 5) is 2.41. The molecule has 0 spiro atoms. The lowest BCUT2D eigenvalue weighted by atomic mass is 9.68. The second-order valence-corrected chi connectivity index (χ2v) is 19.6. The van der Waals surface area contributed by atoms with Crippen LogP contribution in [0.2, 0.25) is 0 Å². The SMILES string of the molecule is c1ccc(-c2cc(-c3ccccc3)cc(-n3c4ccccc4c4ccc(-c5cccc(-c6cccc(N(c7ccccc7)c7ccc8c(c7)-c7ccccc7C8(c7ccccc7)c7ccccc7)c6)c5)cc43)c2)cc1. The molecule has 0 N–H and O–H groups in total. The summed E-state index contributed by atoms with van der Waals surface area (Å²) in [6.07, 6.45) is 0. The van der Waals surface area contributed by atoms with Crippen molar-refractivity contribution in [3.05, 3.63) is 326 Å². The summed E-state index contributed by atoms with van der Waals surface area (Å²) in [5, 5.41) is 2.46. The zero-order valence-electron chi connectivity index (χ0n) is 41.3. The third-order valence-corrected chi connectivity index (χ3v) is 15.4. The first-order chi connectivity index (χ1) is 37.2. The molecule has 0 saturated carbocycles. The van der Waals surface area contributed by atoms with Gasteiger partial charge in [0.2, 0.25) is 0 Å². The smallest absolute Gasteiger partial charge is 0.0713 e. The van der Waals surface area contributed by atoms with Gasteiger partial charge in [0.1, 0.15) is 0 Å². The molecule has 0 unspecified atom stereocenters. The Balaban J connectivity index is 0.877. The Bertz CT molecular complexity index is 4120. The number of nitrogens with zero attached hydrogens (tertiary/aromatic N) is 2. The second kappa shape index (κ2) is 18.4. The zero-order chi connectivity index (χ0) is 49.7. The quantitative estimate of drug-likeness (QED) is 0.133. The third-order valence-electron chi connectivity index (χ3n) is 15.4. The molecule has 1 aliphatic carbocycles. The maximum absolute atomic E-state index is 2.46. The predicted octanol–water partition coefficient (Wildman–Crippen LogP) is 19.3. The van der Waals surface area contributed by atoms with E-state index in [0.29, 0.717) is 0 Å². The Kier molecular flexibility index (Phi) is 10.8. The molecule has 352 valence electrons. The van der Waals surface area contributed by atoms with Gasteiger partial charge in [0.05, 0.1) is 16.4 Å². The highest BCUT2D eigenvalue weighted by atomic mass is 15.1. The minimum absolute atomic E-state index is 0.462. The number of rotatable bonds is 10. The van der Waals surface area contributed by atoms with E-state index in [1.165, 1.54) is 83.0 Å². The molecule has 0 bridgehead atoms. The fourth-order valence-electron chi connectivity index (χ4n) is 12.1. The number of anilines is 3. The van der Waals surface area contributed by atoms with Crippen LogP contribution in [-0.2, 0) is 5.41 Å². The molecule has 1 heterocycles. The van der Waals surface area contributed by atoms with Gasteiger partial charge < -0.3 is 9.47 Å². The molecule has 0 fully saturated rings. The monoisotopic (exact) mass is 954 g/mol. The van der Waals surface area contributed by atoms with Crippen LogP contribution in [0.4, 0.5) is 17.1 Å². The lowest BCUT2D eigenvalue weighted by molar-refractivity contribution is 0.768. The summed E-state index contributed by atoms with van der Waals surface area (Å²) in [7, 11) is 0. The van der Waals surface area contributed by atoms with Crippen molar-refractivity contribution in [1.82, 2.24) is 4.57 Å². The highest BCUT2D eigenvalue weighted by molar-refractivity contribution is 6.10. The van der Waals surface area contributed by atoms with Gasteiger partial charge in [-0.3, -0.25) is 0 Å². The summed E-state index contributed by atoms with van der Waals surface area (Å²) in [6.45, 7) is 0. The molecule has 1 aliphatic rings. The highest BCUT2D eigenvalue weighted by Crippen LogP contribution is 2.57. The van der Waals surface area contributed by atoms with Gasteiger partial charge in [-0.15, -0.1) is 0 Å². The summed E-state index contributed by atoms with van der Waals surface area (Å²) in [5.41, 5.74) is 23.3. The zero-order valence-corrected chi connectivity index (χ0v) is 41.3. The Morgan fingerprint density at radius 3 is 1.39 bits per heavy atom. The number of benzene rings is 12. The van der Waals surface area contributed by atoms with Gasteiger partial charge >= 0.3 is 0 Å². The van der Waals surface area contributed by atoms with Gasteiger partial charge in [0.15, 0.2) is 0 Å². The summed E-state index contributed by atoms with van der Waals surface area (Å²) in [6, 6.07) is 111. The van der Waals surface area contributed by atoms with E-state index in [-0.39, 0.29) is 0 Å². The molecule has 0 aliphatic heterocycles. The van der Waals surface area contributed by atoms with Gasteiger partial charge in [0.25, 0.3) is 0 Å². The average Bonchev–Trinajstić information content (AvgIpc) is 4.11. The third kappa shape index (κ3) is 7.49. The summed E-state index contributed by atoms with van der Waals surface area (Å²) >= 11 is 0. The number of aromatic nitrogens is 1. The van der Waals surface area contributed by atoms with Crippen LogP contribution >= 0.6 is 0 Å². The maximum atomic E-state index is 2.46. The second-order valence-electron chi connectivity index (χ2n) is 19.6. The lowest BCUT2D eigenvalue weighted by Gasteiger charge is -2.34. The van der Waals surface area contributed by atoms with E-state index in [1.54, 1.807) is 0 Å². The van der Waals surface area contributed by atoms with Crippen molar-refractivity contribution in [2.75, 3.05) is 4.90 Å². The van der Waals surface area contributed by atoms with Crippen LogP contribution in [0.15, 0.2) is 303 Å². The first-order valence-electron chi connectivity index (χ1n) is 25.9. The summed E-state index contributed by atoms with van der Waals surface area (Å²) < 4.78 is 2.46. The molecule has 75 heavy (non-hydrogen) atoms. The summed E-state index contributed by atoms with van der Waals surface area (Å²) in [5.74, 6) is 0. The molecule has 1 aromatic heterocycles. The molecule has 2 heteroatoms. The van der Waals surface area contributed by atoms with Crippen LogP contribution in [0, 0.1) is 0 Å². The molecule has 14 rings (SSSR count). The molecule has 13 aromatic rings. The van der Waals surface area contributed by atoms with E-state index in [1.807, 2.05) is 0 Å². The highest BCUT2D eigenvalue weighted by Gasteiger charge is 2.46. The topological polar surface area (TPSA) is 8.17 Å². The standard InChI is InChI=1S/C73H50N2/c1-6-22-51(23-7-1)57-45-58(52-24-8-2-9-25-52)48-64(47-57)75-71-39-19-17-37-66(71)67-42-40-56(49-72(67)75)54-27-20-26-53(44-54)55-28-21-35-62(46-55)74(61-33-14-5-15-34-61)63-41-43-70-68(50-63)65-36-16-18-38-69(65)73(70,59-29-10-3-11-30-59)60-31-12-4-13-32-60/h1-50H. The van der Waals surface area contributed by atoms with Crippen molar-refractivity contribution in [3.8, 4) is 61.3 Å². The Hall–Kier alpha value is -9.76. The van der Waals surface area contributed by atoms with E-state index in [2.05, 4.69) is 313 Å². The van der Waals surface area contributed by atoms with Gasteiger partial charge in [-0.25, -0.2) is 0 Å². The van der Waals surface area contributed by atoms with Gasteiger partial charge in [-0.1, -0.05) is 231 Å². The fourth-order valence-corrected chi connectivity index (χ4v) is 12.1. The van der Waals surface area contributed by atoms with Crippen molar-refractivity contribution in [1.29, 1.82) is 0 Å². The maximum Gasteiger partial charge on any atom is 0.0713 e. The fraction of sp³-hybridized carbons (Fsp3) is 0.0137. The van der Waals surface area contributed by atoms with Gasteiger partial charge in [-0.2, -0.15) is 0 Å². The average molecular weight is 955 g/mol. The van der Waals surface area contributed by atoms with Crippen molar-refractivity contribution >= 4 is 38.9 Å². The number of para-hydroxylation sites is 2. The van der Waals surface area contributed by atoms with E-state index in [9.17, 15) is 0 Å². The molecule has 0 radical (unpaired) electrons. The molecular formula is C73H50N2. The first kappa shape index (κ1) is 44.0. The van der Waals surface area contributed by atoms with Crippen molar-refractivity contribution in [2.45, 2.75) is 5.41 Å². The van der Waals surface area contributed by atoms with Crippen LogP contribution in [0.1, 0.15) is 22.3 Å². The Labute approximate surface area is 438 Å². The van der Waals surface area contributed by atoms with Crippen molar-refractivity contribution < 1.29 is 0 Å². The van der Waals surface area contributed by atoms with E-state index >= 15 is 0 Å². The molecule has 0 amide bonds. The number of hydrogen-bond donors (Lipinski definition) is 0. The normalized spacial score (nSPS) is 12.4. The Morgan fingerprint density at radius 2 is 0.720 bits per heavy atom. The van der Waals surface area contributed by atoms with E-state index in [4.69, 9.17) is 0 Å². The van der Waals surface area contributed by atoms with Crippen molar-refractivity contribution in [2.24, 2.45) is 0 Å². The molecular weight excluding hydrogens is 905 g/mol. The van der Waals surface area contributed by atoms with Crippen LogP contribution in [0.5, 0.6) is 0 Å². The molecule has 12 aromatic carbocycles. The minimum atomic E-state index is -0.462. The lowest BCUT2D eigenvalue weighted by Crippen LogP contribution is -2.28. The van der Waals surface area contributed by atoms with Gasteiger partial charge in [-0.05, 0) is 151 Å². The van der Waals surface area contributed by atoms with Crippen molar-refractivity contribution in [3.63, 3.8) is 0 Å². The van der Waals surface area contributed by atoms with Crippen LogP contribution < -0.4 is 4.90 Å². The molecule has 0 atom stereocenters. The van der Waals surface area contributed by atoms with E-state index in [0.717, 1.165) is 39.4 Å². The van der Waals surface area contributed by atoms with Crippen LogP contribution in [-0.4, -0.2) is 4.57 Å². The largest absolute Gasteiger partial charge is 0.310 e. The minimum Gasteiger partial charge on any atom is -0.310 e. The first-order valence-corrected chi connectivity index (χ1v) is 25.9. The number of hydrogen-bond acceptors (Lipinski definition) is 1. The molecule has 0 saturated heterocycles. The predicted molar refractivity (Wildman–Crippen MR) is 315 cm³/mol. The number of fused-ring (bicyclic) bond motifs is 6. The van der Waals surface area contributed by atoms with Crippen LogP contribution in [0.3, 0.4) is 0 Å². The Morgan fingerprint density at radius 1 is 0.253 bits per heavy atom. The van der Waals surface area contributed by atoms with Crippen LogP contribution in [0.25, 0.3) is 83.1 Å². The van der Waals surface area contributed by atoms with E-state index < -0.39 is 5.41 Å². The molecule has 2 nitrogen and oxygen atoms in total.